The fourth-order valence-corrected chi connectivity index (χ4v) is 4.42. The number of hydrogen-bond donors (Lipinski definition) is 0. The molecule has 0 bridgehead atoms. The summed E-state index contributed by atoms with van der Waals surface area (Å²) in [6.07, 6.45) is 3.67. The van der Waals surface area contributed by atoms with Crippen molar-refractivity contribution in [3.8, 4) is 0 Å². The number of hydrogen-bond acceptors (Lipinski definition) is 2. The second-order valence-electron chi connectivity index (χ2n) is 5.19. The standard InChI is InChI=1S/C18H23O2P/c1-2-3-10-15-20-21(19,18-13-8-5-9-14-18)16-17-11-6-4-7-12-17/h4-9,11-14H,2-3,10,15-16H2,1H3. The third kappa shape index (κ3) is 4.84. The van der Waals surface area contributed by atoms with Gasteiger partial charge < -0.3 is 4.52 Å². The minimum absolute atomic E-state index is 0.462. The van der Waals surface area contributed by atoms with Crippen LogP contribution in [-0.4, -0.2) is 6.61 Å². The van der Waals surface area contributed by atoms with Gasteiger partial charge in [-0.25, -0.2) is 0 Å². The maximum Gasteiger partial charge on any atom is 0.236 e. The van der Waals surface area contributed by atoms with Crippen LogP contribution in [0.2, 0.25) is 0 Å². The Morgan fingerprint density at radius 1 is 0.905 bits per heavy atom. The molecule has 0 aliphatic heterocycles. The maximum atomic E-state index is 13.3. The summed E-state index contributed by atoms with van der Waals surface area (Å²) in [5.41, 5.74) is 1.06. The summed E-state index contributed by atoms with van der Waals surface area (Å²) < 4.78 is 19.2. The van der Waals surface area contributed by atoms with Crippen molar-refractivity contribution in [1.82, 2.24) is 0 Å². The molecule has 1 atom stereocenters. The van der Waals surface area contributed by atoms with Crippen LogP contribution in [0.3, 0.4) is 0 Å². The van der Waals surface area contributed by atoms with Gasteiger partial charge >= 0.3 is 0 Å². The van der Waals surface area contributed by atoms with E-state index in [1.165, 1.54) is 0 Å². The summed E-state index contributed by atoms with van der Waals surface area (Å²) in [4.78, 5) is 0. The third-order valence-corrected chi connectivity index (χ3v) is 5.90. The topological polar surface area (TPSA) is 26.3 Å². The van der Waals surface area contributed by atoms with E-state index in [2.05, 4.69) is 6.92 Å². The number of benzene rings is 2. The predicted molar refractivity (Wildman–Crippen MR) is 89.3 cm³/mol. The average molecular weight is 302 g/mol. The quantitative estimate of drug-likeness (QED) is 0.507. The Labute approximate surface area is 127 Å². The van der Waals surface area contributed by atoms with E-state index >= 15 is 0 Å². The van der Waals surface area contributed by atoms with Crippen LogP contribution >= 0.6 is 7.37 Å². The van der Waals surface area contributed by atoms with E-state index in [0.29, 0.717) is 12.8 Å². The van der Waals surface area contributed by atoms with Crippen LogP contribution < -0.4 is 5.30 Å². The van der Waals surface area contributed by atoms with Gasteiger partial charge in [0, 0.05) is 5.30 Å². The number of unbranched alkanes of at least 4 members (excludes halogenated alkanes) is 2. The van der Waals surface area contributed by atoms with Crippen molar-refractivity contribution in [2.24, 2.45) is 0 Å². The summed E-state index contributed by atoms with van der Waals surface area (Å²) >= 11 is 0. The summed E-state index contributed by atoms with van der Waals surface area (Å²) in [5.74, 6) is 0. The molecule has 0 fully saturated rings. The molecule has 0 amide bonds. The minimum atomic E-state index is -2.83. The first-order valence-corrected chi connectivity index (χ1v) is 9.39. The molecule has 0 N–H and O–H groups in total. The van der Waals surface area contributed by atoms with Crippen molar-refractivity contribution >= 4 is 12.7 Å². The van der Waals surface area contributed by atoms with Gasteiger partial charge in [-0.3, -0.25) is 4.57 Å². The molecule has 0 saturated carbocycles. The first-order chi connectivity index (χ1) is 10.2. The molecule has 0 saturated heterocycles. The largest absolute Gasteiger partial charge is 0.325 e. The van der Waals surface area contributed by atoms with Crippen LogP contribution in [0.25, 0.3) is 0 Å². The van der Waals surface area contributed by atoms with E-state index in [1.54, 1.807) is 0 Å². The van der Waals surface area contributed by atoms with Crippen LogP contribution in [0.15, 0.2) is 60.7 Å². The van der Waals surface area contributed by atoms with Crippen LogP contribution in [0.4, 0.5) is 0 Å². The third-order valence-electron chi connectivity index (χ3n) is 3.43. The molecule has 21 heavy (non-hydrogen) atoms. The molecular weight excluding hydrogens is 279 g/mol. The van der Waals surface area contributed by atoms with Crippen molar-refractivity contribution in [2.45, 2.75) is 32.3 Å². The lowest BCUT2D eigenvalue weighted by atomic mass is 10.2. The van der Waals surface area contributed by atoms with E-state index in [4.69, 9.17) is 4.52 Å². The van der Waals surface area contributed by atoms with Crippen molar-refractivity contribution in [3.05, 3.63) is 66.2 Å². The van der Waals surface area contributed by atoms with Crippen LogP contribution in [0.5, 0.6) is 0 Å². The van der Waals surface area contributed by atoms with Crippen molar-refractivity contribution in [2.75, 3.05) is 6.61 Å². The Kier molecular flexibility index (Phi) is 6.22. The smallest absolute Gasteiger partial charge is 0.236 e. The Balaban J connectivity index is 2.16. The minimum Gasteiger partial charge on any atom is -0.325 e. The number of rotatable bonds is 8. The summed E-state index contributed by atoms with van der Waals surface area (Å²) in [7, 11) is -2.83. The summed E-state index contributed by atoms with van der Waals surface area (Å²) in [6, 6.07) is 19.5. The molecular formula is C18H23O2P. The monoisotopic (exact) mass is 302 g/mol. The predicted octanol–water partition coefficient (Wildman–Crippen LogP) is 5.00. The van der Waals surface area contributed by atoms with Crippen molar-refractivity contribution in [1.29, 1.82) is 0 Å². The van der Waals surface area contributed by atoms with Crippen molar-refractivity contribution in [3.63, 3.8) is 0 Å². The molecule has 2 aromatic carbocycles. The molecule has 2 rings (SSSR count). The summed E-state index contributed by atoms with van der Waals surface area (Å²) in [6.45, 7) is 2.72. The van der Waals surface area contributed by atoms with Crippen LogP contribution in [0.1, 0.15) is 31.7 Å². The Morgan fingerprint density at radius 2 is 1.52 bits per heavy atom. The normalized spacial score (nSPS) is 13.8. The Morgan fingerprint density at radius 3 is 2.14 bits per heavy atom. The molecule has 0 radical (unpaired) electrons. The molecule has 0 aliphatic rings. The van der Waals surface area contributed by atoms with E-state index in [1.807, 2.05) is 60.7 Å². The van der Waals surface area contributed by atoms with E-state index in [9.17, 15) is 4.57 Å². The van der Waals surface area contributed by atoms with E-state index in [-0.39, 0.29) is 0 Å². The molecule has 3 heteroatoms. The highest BCUT2D eigenvalue weighted by atomic mass is 31.2. The molecule has 0 aliphatic carbocycles. The Bertz CT molecular complexity index is 566. The lowest BCUT2D eigenvalue weighted by Gasteiger charge is -2.19. The highest BCUT2D eigenvalue weighted by Crippen LogP contribution is 2.49. The van der Waals surface area contributed by atoms with E-state index < -0.39 is 7.37 Å². The molecule has 0 aromatic heterocycles. The maximum absolute atomic E-state index is 13.3. The van der Waals surface area contributed by atoms with Gasteiger partial charge in [-0.2, -0.15) is 0 Å². The zero-order chi connectivity index (χ0) is 15.0. The molecule has 1 unspecified atom stereocenters. The fourth-order valence-electron chi connectivity index (χ4n) is 2.25. The van der Waals surface area contributed by atoms with Gasteiger partial charge in [-0.15, -0.1) is 0 Å². The second-order valence-corrected chi connectivity index (χ2v) is 7.63. The molecule has 2 aromatic rings. The van der Waals surface area contributed by atoms with Crippen LogP contribution in [0, 0.1) is 0 Å². The van der Waals surface area contributed by atoms with E-state index in [0.717, 1.165) is 30.1 Å². The van der Waals surface area contributed by atoms with Gasteiger partial charge in [0.25, 0.3) is 0 Å². The Hall–Kier alpha value is -1.37. The first kappa shape index (κ1) is 16.0. The lowest BCUT2D eigenvalue weighted by Crippen LogP contribution is -2.10. The summed E-state index contributed by atoms with van der Waals surface area (Å²) in [5, 5.41) is 0.811. The zero-order valence-electron chi connectivity index (χ0n) is 12.6. The molecule has 2 nitrogen and oxygen atoms in total. The van der Waals surface area contributed by atoms with Gasteiger partial charge in [0.2, 0.25) is 7.37 Å². The average Bonchev–Trinajstić information content (AvgIpc) is 2.53. The fraction of sp³-hybridized carbons (Fsp3) is 0.333. The second kappa shape index (κ2) is 8.17. The SMILES string of the molecule is CCCCCOP(=O)(Cc1ccccc1)c1ccccc1. The molecule has 112 valence electrons. The lowest BCUT2D eigenvalue weighted by molar-refractivity contribution is 0.309. The molecule has 0 heterocycles. The van der Waals surface area contributed by atoms with Gasteiger partial charge in [0.05, 0.1) is 12.8 Å². The first-order valence-electron chi connectivity index (χ1n) is 7.58. The van der Waals surface area contributed by atoms with Gasteiger partial charge in [-0.05, 0) is 24.1 Å². The van der Waals surface area contributed by atoms with Gasteiger partial charge in [-0.1, -0.05) is 68.3 Å². The van der Waals surface area contributed by atoms with Gasteiger partial charge in [0.1, 0.15) is 0 Å². The zero-order valence-corrected chi connectivity index (χ0v) is 13.5. The molecule has 0 spiro atoms. The van der Waals surface area contributed by atoms with Crippen molar-refractivity contribution < 1.29 is 9.09 Å². The van der Waals surface area contributed by atoms with Crippen LogP contribution in [-0.2, 0) is 15.3 Å². The highest BCUT2D eigenvalue weighted by Gasteiger charge is 2.26. The highest BCUT2D eigenvalue weighted by molar-refractivity contribution is 7.66. The van der Waals surface area contributed by atoms with Gasteiger partial charge in [0.15, 0.2) is 0 Å².